The molecular formula is C19H24O2. The van der Waals surface area contributed by atoms with E-state index >= 15 is 0 Å². The van der Waals surface area contributed by atoms with Crippen LogP contribution in [0.4, 0.5) is 0 Å². The van der Waals surface area contributed by atoms with Crippen LogP contribution in [-0.2, 0) is 9.53 Å². The molecule has 2 aliphatic carbocycles. The second kappa shape index (κ2) is 4.72. The Kier molecular flexibility index (Phi) is 3.23. The Morgan fingerprint density at radius 1 is 1.24 bits per heavy atom. The molecule has 2 fully saturated rings. The largest absolute Gasteiger partial charge is 0.457 e. The molecule has 1 unspecified atom stereocenters. The third-order valence-electron chi connectivity index (χ3n) is 6.00. The summed E-state index contributed by atoms with van der Waals surface area (Å²) in [5.74, 6) is 0.329. The Morgan fingerprint density at radius 2 is 1.90 bits per heavy atom. The molecular weight excluding hydrogens is 260 g/mol. The van der Waals surface area contributed by atoms with E-state index in [0.29, 0.717) is 5.92 Å². The van der Waals surface area contributed by atoms with Crippen LogP contribution in [0.2, 0.25) is 0 Å². The molecule has 0 N–H and O–H groups in total. The summed E-state index contributed by atoms with van der Waals surface area (Å²) in [6.45, 7) is 8.45. The Bertz CT molecular complexity index is 585. The molecule has 0 saturated heterocycles. The van der Waals surface area contributed by atoms with Gasteiger partial charge in [-0.15, -0.1) is 0 Å². The molecule has 0 amide bonds. The van der Waals surface area contributed by atoms with Crippen LogP contribution in [0.25, 0.3) is 6.08 Å². The molecule has 1 aromatic rings. The molecule has 0 aromatic heterocycles. The minimum atomic E-state index is -0.177. The fourth-order valence-corrected chi connectivity index (χ4v) is 4.41. The quantitative estimate of drug-likeness (QED) is 0.750. The first-order chi connectivity index (χ1) is 9.86. The summed E-state index contributed by atoms with van der Waals surface area (Å²) in [5.41, 5.74) is 2.71. The Balaban J connectivity index is 2.06. The van der Waals surface area contributed by atoms with E-state index in [9.17, 15) is 4.79 Å². The molecule has 2 heteroatoms. The van der Waals surface area contributed by atoms with Gasteiger partial charge in [0.05, 0.1) is 0 Å². The fourth-order valence-electron chi connectivity index (χ4n) is 4.41. The number of rotatable bonds is 2. The summed E-state index contributed by atoms with van der Waals surface area (Å²) < 4.78 is 5.76. The number of esters is 1. The Hall–Kier alpha value is -1.57. The van der Waals surface area contributed by atoms with E-state index in [1.807, 2.05) is 18.2 Å². The zero-order valence-corrected chi connectivity index (χ0v) is 13.3. The lowest BCUT2D eigenvalue weighted by molar-refractivity contribution is -0.151. The first-order valence-corrected chi connectivity index (χ1v) is 7.80. The van der Waals surface area contributed by atoms with Crippen LogP contribution in [0.3, 0.4) is 0 Å². The van der Waals surface area contributed by atoms with Crippen molar-refractivity contribution in [2.24, 2.45) is 16.7 Å². The highest BCUT2D eigenvalue weighted by molar-refractivity contribution is 5.68. The average Bonchev–Trinajstić information content (AvgIpc) is 2.73. The summed E-state index contributed by atoms with van der Waals surface area (Å²) in [4.78, 5) is 11.6. The van der Waals surface area contributed by atoms with Crippen LogP contribution in [-0.4, -0.2) is 12.1 Å². The highest BCUT2D eigenvalue weighted by Crippen LogP contribution is 2.68. The van der Waals surface area contributed by atoms with Gasteiger partial charge in [-0.25, -0.2) is 0 Å². The number of fused-ring (bicyclic) bond motifs is 2. The highest BCUT2D eigenvalue weighted by Gasteiger charge is 2.65. The third kappa shape index (κ3) is 2.04. The van der Waals surface area contributed by atoms with Gasteiger partial charge in [-0.05, 0) is 35.3 Å². The topological polar surface area (TPSA) is 26.3 Å². The van der Waals surface area contributed by atoms with Gasteiger partial charge in [0.25, 0.3) is 0 Å². The van der Waals surface area contributed by atoms with Crippen LogP contribution in [0.15, 0.2) is 35.9 Å². The van der Waals surface area contributed by atoms with Crippen LogP contribution in [0.1, 0.15) is 46.1 Å². The van der Waals surface area contributed by atoms with Crippen molar-refractivity contribution in [2.45, 2.75) is 46.6 Å². The van der Waals surface area contributed by atoms with E-state index in [1.165, 1.54) is 24.5 Å². The molecule has 2 aliphatic rings. The predicted molar refractivity (Wildman–Crippen MR) is 84.6 cm³/mol. The Labute approximate surface area is 127 Å². The van der Waals surface area contributed by atoms with E-state index in [-0.39, 0.29) is 22.9 Å². The normalized spacial score (nSPS) is 35.1. The summed E-state index contributed by atoms with van der Waals surface area (Å²) in [5, 5.41) is 0. The molecule has 0 heterocycles. The van der Waals surface area contributed by atoms with Gasteiger partial charge in [-0.1, -0.05) is 57.2 Å². The number of ether oxygens (including phenoxy) is 1. The standard InChI is InChI=1S/C19H24O2/c1-13(20)21-17-15(12-14-8-6-5-7-9-14)16-10-11-19(17,4)18(16,2)3/h5-9,12,16-17H,10-11H2,1-4H3/b15-12+/t16-,17-,19?/m0/s1. The lowest BCUT2D eigenvalue weighted by atomic mass is 9.70. The molecule has 0 spiro atoms. The highest BCUT2D eigenvalue weighted by atomic mass is 16.5. The maximum Gasteiger partial charge on any atom is 0.303 e. The molecule has 3 atom stereocenters. The number of hydrogen-bond acceptors (Lipinski definition) is 2. The zero-order valence-electron chi connectivity index (χ0n) is 13.3. The molecule has 1 aromatic carbocycles. The van der Waals surface area contributed by atoms with Crippen molar-refractivity contribution in [1.82, 2.24) is 0 Å². The van der Waals surface area contributed by atoms with Gasteiger partial charge in [-0.2, -0.15) is 0 Å². The van der Waals surface area contributed by atoms with Crippen LogP contribution < -0.4 is 0 Å². The van der Waals surface area contributed by atoms with E-state index in [1.54, 1.807) is 0 Å². The van der Waals surface area contributed by atoms with Gasteiger partial charge in [0.15, 0.2) is 0 Å². The second-order valence-corrected chi connectivity index (χ2v) is 7.27. The van der Waals surface area contributed by atoms with Gasteiger partial charge >= 0.3 is 5.97 Å². The van der Waals surface area contributed by atoms with Crippen molar-refractivity contribution in [3.63, 3.8) is 0 Å². The fraction of sp³-hybridized carbons (Fsp3) is 0.526. The summed E-state index contributed by atoms with van der Waals surface area (Å²) in [7, 11) is 0. The van der Waals surface area contributed by atoms with Crippen LogP contribution in [0.5, 0.6) is 0 Å². The zero-order chi connectivity index (χ0) is 15.3. The number of carbonyl (C=O) groups excluding carboxylic acids is 1. The lowest BCUT2D eigenvalue weighted by Crippen LogP contribution is -2.38. The lowest BCUT2D eigenvalue weighted by Gasteiger charge is -2.38. The number of carbonyl (C=O) groups is 1. The van der Waals surface area contributed by atoms with E-state index in [2.05, 4.69) is 39.0 Å². The molecule has 3 rings (SSSR count). The molecule has 112 valence electrons. The maximum atomic E-state index is 11.6. The summed E-state index contributed by atoms with van der Waals surface area (Å²) in [6.07, 6.45) is 4.49. The smallest absolute Gasteiger partial charge is 0.303 e. The number of hydrogen-bond donors (Lipinski definition) is 0. The van der Waals surface area contributed by atoms with Gasteiger partial charge in [-0.3, -0.25) is 4.79 Å². The van der Waals surface area contributed by atoms with Gasteiger partial charge in [0.2, 0.25) is 0 Å². The second-order valence-electron chi connectivity index (χ2n) is 7.27. The minimum absolute atomic E-state index is 0.0456. The predicted octanol–water partition coefficient (Wildman–Crippen LogP) is 4.46. The van der Waals surface area contributed by atoms with Crippen molar-refractivity contribution >= 4 is 12.0 Å². The van der Waals surface area contributed by atoms with Crippen molar-refractivity contribution in [3.8, 4) is 0 Å². The van der Waals surface area contributed by atoms with E-state index in [4.69, 9.17) is 4.74 Å². The molecule has 0 aliphatic heterocycles. The molecule has 2 saturated carbocycles. The van der Waals surface area contributed by atoms with Crippen LogP contribution in [0, 0.1) is 16.7 Å². The molecule has 0 radical (unpaired) electrons. The maximum absolute atomic E-state index is 11.6. The minimum Gasteiger partial charge on any atom is -0.457 e. The number of benzene rings is 1. The third-order valence-corrected chi connectivity index (χ3v) is 6.00. The summed E-state index contributed by atoms with van der Waals surface area (Å²) >= 11 is 0. The SMILES string of the molecule is CC(=O)O[C@H]1/C(=C/c2ccccc2)[C@@H]2CCC1(C)C2(C)C. The van der Waals surface area contributed by atoms with Crippen LogP contribution >= 0.6 is 0 Å². The monoisotopic (exact) mass is 284 g/mol. The first kappa shape index (κ1) is 14.4. The van der Waals surface area contributed by atoms with E-state index < -0.39 is 0 Å². The van der Waals surface area contributed by atoms with Crippen molar-refractivity contribution in [2.75, 3.05) is 0 Å². The molecule has 2 nitrogen and oxygen atoms in total. The Morgan fingerprint density at radius 3 is 2.52 bits per heavy atom. The van der Waals surface area contributed by atoms with Gasteiger partial charge in [0.1, 0.15) is 6.10 Å². The summed E-state index contributed by atoms with van der Waals surface area (Å²) in [6, 6.07) is 10.3. The van der Waals surface area contributed by atoms with Crippen molar-refractivity contribution < 1.29 is 9.53 Å². The average molecular weight is 284 g/mol. The van der Waals surface area contributed by atoms with Gasteiger partial charge < -0.3 is 4.74 Å². The molecule has 21 heavy (non-hydrogen) atoms. The first-order valence-electron chi connectivity index (χ1n) is 7.80. The van der Waals surface area contributed by atoms with Gasteiger partial charge in [0, 0.05) is 12.3 Å². The van der Waals surface area contributed by atoms with E-state index in [0.717, 1.165) is 6.42 Å². The van der Waals surface area contributed by atoms with Crippen molar-refractivity contribution in [1.29, 1.82) is 0 Å². The molecule has 2 bridgehead atoms. The van der Waals surface area contributed by atoms with Crippen molar-refractivity contribution in [3.05, 3.63) is 41.5 Å².